The van der Waals surface area contributed by atoms with Gasteiger partial charge in [-0.3, -0.25) is 0 Å². The van der Waals surface area contributed by atoms with Gasteiger partial charge in [0.1, 0.15) is 0 Å². The maximum absolute atomic E-state index is 4.21. The second-order valence-electron chi connectivity index (χ2n) is 3.34. The van der Waals surface area contributed by atoms with Crippen LogP contribution in [-0.2, 0) is 21.7 Å². The number of hydrogen-bond donors (Lipinski definition) is 0. The Morgan fingerprint density at radius 3 is 0.824 bits per heavy atom. The van der Waals surface area contributed by atoms with Crippen LogP contribution in [-0.4, -0.2) is 26.2 Å². The van der Waals surface area contributed by atoms with E-state index in [1.165, 1.54) is 25.7 Å². The molecule has 0 unspecified atom stereocenters. The van der Waals surface area contributed by atoms with Crippen molar-refractivity contribution in [1.82, 2.24) is 0 Å². The standard InChI is InChI=1S/2C6H14N.2ClH.Ti/c2*1-3-5-7-6-4-2;;;/h2*3-6H2,1-2H3;2*1H;/q2*-1;;;+4/p-2. The van der Waals surface area contributed by atoms with Crippen LogP contribution in [0.4, 0.5) is 0 Å². The predicted octanol–water partition coefficient (Wildman–Crippen LogP) is -1.63. The molecule has 0 rings (SSSR count). The summed E-state index contributed by atoms with van der Waals surface area (Å²) in [4.78, 5) is 0. The van der Waals surface area contributed by atoms with Crippen LogP contribution in [0, 0.1) is 0 Å². The summed E-state index contributed by atoms with van der Waals surface area (Å²) in [5.41, 5.74) is 0. The second-order valence-corrected chi connectivity index (χ2v) is 3.34. The van der Waals surface area contributed by atoms with E-state index < -0.39 is 0 Å². The molecule has 0 fully saturated rings. The summed E-state index contributed by atoms with van der Waals surface area (Å²) in [5.74, 6) is 0. The fraction of sp³-hybridized carbons (Fsp3) is 1.00. The van der Waals surface area contributed by atoms with Gasteiger partial charge in [0.15, 0.2) is 0 Å². The van der Waals surface area contributed by atoms with Crippen LogP contribution in [0.3, 0.4) is 0 Å². The van der Waals surface area contributed by atoms with E-state index in [1.807, 2.05) is 0 Å². The molecule has 0 radical (unpaired) electrons. The molecule has 0 N–H and O–H groups in total. The molecule has 0 aromatic rings. The quantitative estimate of drug-likeness (QED) is 0.380. The van der Waals surface area contributed by atoms with Crippen LogP contribution in [0.1, 0.15) is 53.4 Å². The summed E-state index contributed by atoms with van der Waals surface area (Å²) in [6.45, 7) is 12.8. The Kier molecular flexibility index (Phi) is 65.4. The third-order valence-electron chi connectivity index (χ3n) is 1.53. The van der Waals surface area contributed by atoms with Gasteiger partial charge in [0.2, 0.25) is 0 Å². The summed E-state index contributed by atoms with van der Waals surface area (Å²) < 4.78 is 0. The van der Waals surface area contributed by atoms with E-state index in [2.05, 4.69) is 38.3 Å². The van der Waals surface area contributed by atoms with Gasteiger partial charge in [0, 0.05) is 0 Å². The van der Waals surface area contributed by atoms with Gasteiger partial charge >= 0.3 is 21.7 Å². The SMILES string of the molecule is CCC[N-]CCC.CCC[N-]CCC.[Cl-].[Cl-].[Ti+4]. The molecule has 0 atom stereocenters. The van der Waals surface area contributed by atoms with Gasteiger partial charge in [-0.15, -0.1) is 26.2 Å². The van der Waals surface area contributed by atoms with E-state index >= 15 is 0 Å². The molecule has 0 saturated carbocycles. The molecule has 0 aliphatic heterocycles. The summed E-state index contributed by atoms with van der Waals surface area (Å²) in [6, 6.07) is 0. The molecule has 0 heterocycles. The Bertz CT molecular complexity index is 70.9. The van der Waals surface area contributed by atoms with Gasteiger partial charge in [0.05, 0.1) is 0 Å². The molecule has 5 heteroatoms. The van der Waals surface area contributed by atoms with Crippen molar-refractivity contribution in [2.45, 2.75) is 53.4 Å². The Balaban J connectivity index is -0.0000000480. The van der Waals surface area contributed by atoms with Gasteiger partial charge in [-0.1, -0.05) is 53.4 Å². The van der Waals surface area contributed by atoms with Gasteiger partial charge < -0.3 is 35.4 Å². The number of halogens is 2. The molecule has 0 saturated heterocycles. The largest absolute Gasteiger partial charge is 4.00 e. The van der Waals surface area contributed by atoms with E-state index in [4.69, 9.17) is 0 Å². The topological polar surface area (TPSA) is 28.2 Å². The zero-order valence-corrected chi connectivity index (χ0v) is 14.9. The normalized spacial score (nSPS) is 7.76. The first-order valence-electron chi connectivity index (χ1n) is 6.09. The number of hydrogen-bond acceptors (Lipinski definition) is 0. The molecular weight excluding hydrogens is 291 g/mol. The van der Waals surface area contributed by atoms with Gasteiger partial charge in [0.25, 0.3) is 0 Å². The average molecular weight is 319 g/mol. The Hall–Kier alpha value is 1.21. The molecule has 17 heavy (non-hydrogen) atoms. The van der Waals surface area contributed by atoms with E-state index in [0.717, 1.165) is 26.2 Å². The summed E-state index contributed by atoms with van der Waals surface area (Å²) in [6.07, 6.45) is 4.78. The Morgan fingerprint density at radius 1 is 0.529 bits per heavy atom. The van der Waals surface area contributed by atoms with Crippen molar-refractivity contribution in [3.63, 3.8) is 0 Å². The summed E-state index contributed by atoms with van der Waals surface area (Å²) in [5, 5.41) is 8.42. The first-order chi connectivity index (χ1) is 6.83. The van der Waals surface area contributed by atoms with E-state index in [0.29, 0.717) is 0 Å². The molecule has 0 amide bonds. The second kappa shape index (κ2) is 36.0. The van der Waals surface area contributed by atoms with Crippen LogP contribution in [0.2, 0.25) is 0 Å². The van der Waals surface area contributed by atoms with E-state index in [9.17, 15) is 0 Å². The van der Waals surface area contributed by atoms with Crippen molar-refractivity contribution < 1.29 is 46.5 Å². The Morgan fingerprint density at radius 2 is 0.706 bits per heavy atom. The molecule has 0 aromatic carbocycles. The third-order valence-corrected chi connectivity index (χ3v) is 1.53. The molecule has 0 bridgehead atoms. The zero-order valence-electron chi connectivity index (χ0n) is 11.8. The van der Waals surface area contributed by atoms with Crippen LogP contribution in [0.15, 0.2) is 0 Å². The van der Waals surface area contributed by atoms with Gasteiger partial charge in [-0.2, -0.15) is 0 Å². The molecular formula is C12H28Cl2N2Ti. The average Bonchev–Trinajstić information content (AvgIpc) is 2.21. The number of rotatable bonds is 8. The third kappa shape index (κ3) is 46.9. The molecule has 104 valence electrons. The predicted molar refractivity (Wildman–Crippen MR) is 67.4 cm³/mol. The first kappa shape index (κ1) is 30.9. The summed E-state index contributed by atoms with van der Waals surface area (Å²) in [7, 11) is 0. The first-order valence-corrected chi connectivity index (χ1v) is 6.09. The molecule has 2 nitrogen and oxygen atoms in total. The van der Waals surface area contributed by atoms with Crippen molar-refractivity contribution in [2.24, 2.45) is 0 Å². The number of nitrogens with zero attached hydrogens (tertiary/aromatic N) is 2. The van der Waals surface area contributed by atoms with Crippen molar-refractivity contribution in [1.29, 1.82) is 0 Å². The molecule has 0 aromatic heterocycles. The monoisotopic (exact) mass is 318 g/mol. The van der Waals surface area contributed by atoms with Crippen LogP contribution in [0.25, 0.3) is 10.6 Å². The smallest absolute Gasteiger partial charge is 1.00 e. The molecule has 0 spiro atoms. The summed E-state index contributed by atoms with van der Waals surface area (Å²) >= 11 is 0. The maximum atomic E-state index is 4.21. The molecule has 0 aliphatic carbocycles. The van der Waals surface area contributed by atoms with E-state index in [1.54, 1.807) is 0 Å². The van der Waals surface area contributed by atoms with Gasteiger partial charge in [-0.25, -0.2) is 0 Å². The minimum absolute atomic E-state index is 0. The van der Waals surface area contributed by atoms with Crippen molar-refractivity contribution in [3.05, 3.63) is 10.6 Å². The van der Waals surface area contributed by atoms with Crippen LogP contribution in [0.5, 0.6) is 0 Å². The van der Waals surface area contributed by atoms with Crippen molar-refractivity contribution >= 4 is 0 Å². The maximum Gasteiger partial charge on any atom is 4.00 e. The van der Waals surface area contributed by atoms with E-state index in [-0.39, 0.29) is 46.5 Å². The minimum atomic E-state index is 0. The fourth-order valence-corrected chi connectivity index (χ4v) is 0.856. The van der Waals surface area contributed by atoms with Crippen molar-refractivity contribution in [3.8, 4) is 0 Å². The van der Waals surface area contributed by atoms with Crippen molar-refractivity contribution in [2.75, 3.05) is 26.2 Å². The minimum Gasteiger partial charge on any atom is -1.00 e. The van der Waals surface area contributed by atoms with Gasteiger partial charge in [-0.05, 0) is 0 Å². The Labute approximate surface area is 136 Å². The fourth-order valence-electron chi connectivity index (χ4n) is 0.856. The van der Waals surface area contributed by atoms with Crippen LogP contribution < -0.4 is 24.8 Å². The molecule has 0 aliphatic rings. The van der Waals surface area contributed by atoms with Crippen LogP contribution >= 0.6 is 0 Å². The zero-order chi connectivity index (χ0) is 11.1.